The van der Waals surface area contributed by atoms with Crippen molar-refractivity contribution in [1.29, 1.82) is 0 Å². The molecular formula is C15H12FNO4. The summed E-state index contributed by atoms with van der Waals surface area (Å²) < 4.78 is 19.1. The molecule has 5 nitrogen and oxygen atoms in total. The largest absolute Gasteiger partial charge is 0.488 e. The van der Waals surface area contributed by atoms with Crippen LogP contribution in [-0.2, 0) is 6.61 Å². The molecule has 0 aliphatic rings. The van der Waals surface area contributed by atoms with E-state index in [1.165, 1.54) is 6.92 Å². The van der Waals surface area contributed by atoms with Crippen molar-refractivity contribution in [3.63, 3.8) is 0 Å². The van der Waals surface area contributed by atoms with Crippen LogP contribution in [0.5, 0.6) is 5.75 Å². The standard InChI is InChI=1S/C15H12FNO4/c1-10(18)12-7-14(17(19)20)13(16)8-15(12)21-9-11-5-3-2-4-6-11/h2-8H,9H2,1H3. The number of carbonyl (C=O) groups is 1. The Morgan fingerprint density at radius 3 is 2.52 bits per heavy atom. The lowest BCUT2D eigenvalue weighted by Gasteiger charge is -2.10. The first kappa shape index (κ1) is 14.6. The zero-order valence-electron chi connectivity index (χ0n) is 11.2. The molecule has 2 aromatic rings. The first-order valence-electron chi connectivity index (χ1n) is 6.14. The van der Waals surface area contributed by atoms with E-state index in [0.717, 1.165) is 17.7 Å². The zero-order valence-corrected chi connectivity index (χ0v) is 11.2. The van der Waals surface area contributed by atoms with Gasteiger partial charge < -0.3 is 4.74 Å². The Balaban J connectivity index is 2.32. The number of nitrogens with zero attached hydrogens (tertiary/aromatic N) is 1. The molecule has 6 heteroatoms. The molecule has 2 aromatic carbocycles. The molecule has 0 fully saturated rings. The van der Waals surface area contributed by atoms with Gasteiger partial charge in [0, 0.05) is 12.1 Å². The van der Waals surface area contributed by atoms with Crippen LogP contribution >= 0.6 is 0 Å². The Labute approximate surface area is 120 Å². The average Bonchev–Trinajstić information content (AvgIpc) is 2.45. The average molecular weight is 289 g/mol. The van der Waals surface area contributed by atoms with Crippen molar-refractivity contribution in [2.75, 3.05) is 0 Å². The fraction of sp³-hybridized carbons (Fsp3) is 0.133. The zero-order chi connectivity index (χ0) is 15.4. The molecule has 0 aromatic heterocycles. The number of nitro groups is 1. The van der Waals surface area contributed by atoms with Crippen LogP contribution in [-0.4, -0.2) is 10.7 Å². The SMILES string of the molecule is CC(=O)c1cc([N+](=O)[O-])c(F)cc1OCc1ccccc1. The Kier molecular flexibility index (Phi) is 4.27. The summed E-state index contributed by atoms with van der Waals surface area (Å²) in [5.41, 5.74) is 0.0806. The van der Waals surface area contributed by atoms with Crippen molar-refractivity contribution < 1.29 is 18.8 Å². The minimum Gasteiger partial charge on any atom is -0.488 e. The van der Waals surface area contributed by atoms with Gasteiger partial charge in [-0.3, -0.25) is 14.9 Å². The van der Waals surface area contributed by atoms with Crippen molar-refractivity contribution in [3.05, 3.63) is 69.5 Å². The molecule has 0 spiro atoms. The molecule has 0 N–H and O–H groups in total. The highest BCUT2D eigenvalue weighted by molar-refractivity contribution is 5.97. The maximum atomic E-state index is 13.6. The second kappa shape index (κ2) is 6.13. The van der Waals surface area contributed by atoms with Gasteiger partial charge in [0.15, 0.2) is 5.78 Å². The quantitative estimate of drug-likeness (QED) is 0.480. The van der Waals surface area contributed by atoms with E-state index >= 15 is 0 Å². The molecule has 0 unspecified atom stereocenters. The Bertz CT molecular complexity index is 686. The van der Waals surface area contributed by atoms with E-state index in [4.69, 9.17) is 4.74 Å². The first-order chi connectivity index (χ1) is 9.99. The third-order valence-corrected chi connectivity index (χ3v) is 2.86. The van der Waals surface area contributed by atoms with Crippen molar-refractivity contribution >= 4 is 11.5 Å². The van der Waals surface area contributed by atoms with Gasteiger partial charge in [-0.05, 0) is 12.5 Å². The van der Waals surface area contributed by atoms with Crippen LogP contribution < -0.4 is 4.74 Å². The summed E-state index contributed by atoms with van der Waals surface area (Å²) in [5, 5.41) is 10.7. The van der Waals surface area contributed by atoms with Gasteiger partial charge in [-0.1, -0.05) is 30.3 Å². The van der Waals surface area contributed by atoms with E-state index in [2.05, 4.69) is 0 Å². The van der Waals surface area contributed by atoms with Crippen LogP contribution in [0.3, 0.4) is 0 Å². The predicted octanol–water partition coefficient (Wildman–Crippen LogP) is 3.52. The molecule has 0 aliphatic carbocycles. The van der Waals surface area contributed by atoms with E-state index in [0.29, 0.717) is 0 Å². The molecule has 2 rings (SSSR count). The summed E-state index contributed by atoms with van der Waals surface area (Å²) in [6.07, 6.45) is 0. The summed E-state index contributed by atoms with van der Waals surface area (Å²) >= 11 is 0. The maximum Gasteiger partial charge on any atom is 0.305 e. The lowest BCUT2D eigenvalue weighted by Crippen LogP contribution is -2.04. The lowest BCUT2D eigenvalue weighted by atomic mass is 10.1. The van der Waals surface area contributed by atoms with E-state index in [1.807, 2.05) is 30.3 Å². The van der Waals surface area contributed by atoms with Crippen LogP contribution in [0.1, 0.15) is 22.8 Å². The van der Waals surface area contributed by atoms with E-state index in [9.17, 15) is 19.3 Å². The smallest absolute Gasteiger partial charge is 0.305 e. The fourth-order valence-electron chi connectivity index (χ4n) is 1.81. The number of carbonyl (C=O) groups excluding carboxylic acids is 1. The second-order valence-electron chi connectivity index (χ2n) is 4.39. The highest BCUT2D eigenvalue weighted by Gasteiger charge is 2.21. The third kappa shape index (κ3) is 3.42. The number of hydrogen-bond donors (Lipinski definition) is 0. The molecule has 0 heterocycles. The highest BCUT2D eigenvalue weighted by Crippen LogP contribution is 2.28. The molecule has 0 saturated carbocycles. The molecule has 0 atom stereocenters. The number of hydrogen-bond acceptors (Lipinski definition) is 4. The van der Waals surface area contributed by atoms with Crippen LogP contribution in [0.2, 0.25) is 0 Å². The summed E-state index contributed by atoms with van der Waals surface area (Å²) in [6.45, 7) is 1.38. The maximum absolute atomic E-state index is 13.6. The minimum atomic E-state index is -1.03. The normalized spacial score (nSPS) is 10.2. The first-order valence-corrected chi connectivity index (χ1v) is 6.14. The van der Waals surface area contributed by atoms with Crippen molar-refractivity contribution in [2.24, 2.45) is 0 Å². The molecule has 108 valence electrons. The molecule has 0 bridgehead atoms. The predicted molar refractivity (Wildman–Crippen MR) is 73.8 cm³/mol. The molecule has 21 heavy (non-hydrogen) atoms. The number of rotatable bonds is 5. The van der Waals surface area contributed by atoms with Crippen LogP contribution in [0.4, 0.5) is 10.1 Å². The van der Waals surface area contributed by atoms with Gasteiger partial charge in [0.2, 0.25) is 5.82 Å². The molecule has 0 radical (unpaired) electrons. The second-order valence-corrected chi connectivity index (χ2v) is 4.39. The lowest BCUT2D eigenvalue weighted by molar-refractivity contribution is -0.387. The van der Waals surface area contributed by atoms with Crippen molar-refractivity contribution in [1.82, 2.24) is 0 Å². The topological polar surface area (TPSA) is 69.4 Å². The molecule has 0 amide bonds. The van der Waals surface area contributed by atoms with Gasteiger partial charge in [0.05, 0.1) is 10.5 Å². The van der Waals surface area contributed by atoms with Gasteiger partial charge in [-0.15, -0.1) is 0 Å². The Morgan fingerprint density at radius 1 is 1.29 bits per heavy atom. The number of halogens is 1. The number of ether oxygens (including phenoxy) is 1. The van der Waals surface area contributed by atoms with E-state index < -0.39 is 22.2 Å². The van der Waals surface area contributed by atoms with Gasteiger partial charge in [-0.2, -0.15) is 4.39 Å². The van der Waals surface area contributed by atoms with E-state index in [1.54, 1.807) is 0 Å². The Hall–Kier alpha value is -2.76. The van der Waals surface area contributed by atoms with Gasteiger partial charge >= 0.3 is 5.69 Å². The number of ketones is 1. The number of Topliss-reactive ketones (excluding diaryl/α,β-unsaturated/α-hetero) is 1. The fourth-order valence-corrected chi connectivity index (χ4v) is 1.81. The monoisotopic (exact) mass is 289 g/mol. The van der Waals surface area contributed by atoms with Crippen molar-refractivity contribution in [2.45, 2.75) is 13.5 Å². The number of benzene rings is 2. The molecule has 0 saturated heterocycles. The van der Waals surface area contributed by atoms with E-state index in [-0.39, 0.29) is 17.9 Å². The highest BCUT2D eigenvalue weighted by atomic mass is 19.1. The molecule has 0 aliphatic heterocycles. The van der Waals surface area contributed by atoms with Crippen LogP contribution in [0.15, 0.2) is 42.5 Å². The third-order valence-electron chi connectivity index (χ3n) is 2.86. The summed E-state index contributed by atoms with van der Waals surface area (Å²) in [5.74, 6) is -1.47. The number of nitro benzene ring substituents is 1. The van der Waals surface area contributed by atoms with Gasteiger partial charge in [0.25, 0.3) is 0 Å². The summed E-state index contributed by atoms with van der Waals surface area (Å²) in [4.78, 5) is 21.4. The Morgan fingerprint density at radius 2 is 1.95 bits per heavy atom. The molecular weight excluding hydrogens is 277 g/mol. The summed E-state index contributed by atoms with van der Waals surface area (Å²) in [7, 11) is 0. The van der Waals surface area contributed by atoms with Gasteiger partial charge in [-0.25, -0.2) is 0 Å². The van der Waals surface area contributed by atoms with Gasteiger partial charge in [0.1, 0.15) is 12.4 Å². The van der Waals surface area contributed by atoms with Crippen LogP contribution in [0.25, 0.3) is 0 Å². The summed E-state index contributed by atoms with van der Waals surface area (Å²) in [6, 6.07) is 10.9. The van der Waals surface area contributed by atoms with Crippen LogP contribution in [0, 0.1) is 15.9 Å². The van der Waals surface area contributed by atoms with Crippen molar-refractivity contribution in [3.8, 4) is 5.75 Å². The minimum absolute atomic E-state index is 0.00514.